The molecular formula is C22H21N5O4. The summed E-state index contributed by atoms with van der Waals surface area (Å²) < 4.78 is 9.17. The van der Waals surface area contributed by atoms with E-state index < -0.39 is 11.2 Å². The molecule has 0 fully saturated rings. The van der Waals surface area contributed by atoms with Crippen molar-refractivity contribution in [2.75, 3.05) is 12.4 Å². The third-order valence-electron chi connectivity index (χ3n) is 5.21. The van der Waals surface area contributed by atoms with Crippen molar-refractivity contribution < 1.29 is 9.53 Å². The zero-order valence-electron chi connectivity index (χ0n) is 17.5. The quantitative estimate of drug-likeness (QED) is 0.545. The molecule has 0 spiro atoms. The van der Waals surface area contributed by atoms with Crippen LogP contribution < -0.4 is 21.3 Å². The predicted molar refractivity (Wildman–Crippen MR) is 118 cm³/mol. The van der Waals surface area contributed by atoms with Gasteiger partial charge in [-0.3, -0.25) is 18.7 Å². The molecule has 4 rings (SSSR count). The second-order valence-corrected chi connectivity index (χ2v) is 7.14. The second-order valence-electron chi connectivity index (χ2n) is 7.14. The highest BCUT2D eigenvalue weighted by Gasteiger charge is 2.18. The Bertz CT molecular complexity index is 1430. The van der Waals surface area contributed by atoms with Gasteiger partial charge >= 0.3 is 5.69 Å². The molecular weight excluding hydrogens is 398 g/mol. The fourth-order valence-corrected chi connectivity index (χ4v) is 3.46. The molecule has 0 aliphatic heterocycles. The van der Waals surface area contributed by atoms with Crippen LogP contribution >= 0.6 is 0 Å². The van der Waals surface area contributed by atoms with Crippen LogP contribution in [0.15, 0.2) is 58.1 Å². The van der Waals surface area contributed by atoms with E-state index in [0.717, 1.165) is 4.57 Å². The van der Waals surface area contributed by atoms with Crippen LogP contribution in [0.25, 0.3) is 22.6 Å². The van der Waals surface area contributed by atoms with E-state index in [1.807, 2.05) is 6.07 Å². The molecule has 9 nitrogen and oxygen atoms in total. The lowest BCUT2D eigenvalue weighted by Crippen LogP contribution is -2.37. The minimum absolute atomic E-state index is 0.263. The number of amides is 1. The first-order valence-corrected chi connectivity index (χ1v) is 9.50. The molecule has 0 saturated heterocycles. The number of nitrogens with one attached hydrogen (secondary N) is 1. The first-order chi connectivity index (χ1) is 14.8. The largest absolute Gasteiger partial charge is 0.497 e. The van der Waals surface area contributed by atoms with Crippen LogP contribution in [0, 0.1) is 0 Å². The number of fused-ring (bicyclic) bond motifs is 1. The lowest BCUT2D eigenvalue weighted by Gasteiger charge is -2.08. The number of methoxy groups -OCH3 is 1. The van der Waals surface area contributed by atoms with E-state index in [-0.39, 0.29) is 5.91 Å². The highest BCUT2D eigenvalue weighted by Crippen LogP contribution is 2.24. The van der Waals surface area contributed by atoms with Crippen molar-refractivity contribution in [2.24, 2.45) is 21.1 Å². The highest BCUT2D eigenvalue weighted by molar-refractivity contribution is 6.04. The molecule has 1 N–H and O–H groups in total. The van der Waals surface area contributed by atoms with Gasteiger partial charge in [-0.2, -0.15) is 0 Å². The molecule has 0 unspecified atom stereocenters. The number of hydrogen-bond donors (Lipinski definition) is 1. The number of aromatic nitrogens is 4. The van der Waals surface area contributed by atoms with Gasteiger partial charge in [0.05, 0.1) is 7.11 Å². The van der Waals surface area contributed by atoms with Crippen molar-refractivity contribution in [1.29, 1.82) is 0 Å². The van der Waals surface area contributed by atoms with Gasteiger partial charge in [-0.1, -0.05) is 12.1 Å². The molecule has 0 radical (unpaired) electrons. The molecule has 2 aromatic heterocycles. The summed E-state index contributed by atoms with van der Waals surface area (Å²) in [5.74, 6) is 0.913. The average molecular weight is 419 g/mol. The zero-order valence-corrected chi connectivity index (χ0v) is 17.5. The van der Waals surface area contributed by atoms with Crippen LogP contribution in [-0.2, 0) is 21.1 Å². The van der Waals surface area contributed by atoms with Crippen molar-refractivity contribution >= 4 is 22.8 Å². The fourth-order valence-electron chi connectivity index (χ4n) is 3.46. The van der Waals surface area contributed by atoms with Crippen molar-refractivity contribution in [3.63, 3.8) is 0 Å². The number of anilines is 1. The van der Waals surface area contributed by atoms with E-state index in [2.05, 4.69) is 10.3 Å². The lowest BCUT2D eigenvalue weighted by molar-refractivity contribution is 0.102. The van der Waals surface area contributed by atoms with Crippen LogP contribution in [0.3, 0.4) is 0 Å². The Morgan fingerprint density at radius 2 is 1.68 bits per heavy atom. The SMILES string of the molecule is COc1ccc(C(=O)Nc2cccc(-c3nc4c(c(=O)n(C)c(=O)n4C)n3C)c2)cc1. The van der Waals surface area contributed by atoms with E-state index in [1.165, 1.54) is 11.6 Å². The summed E-state index contributed by atoms with van der Waals surface area (Å²) in [6, 6.07) is 13.9. The number of rotatable bonds is 4. The van der Waals surface area contributed by atoms with Gasteiger partial charge in [0.2, 0.25) is 0 Å². The standard InChI is InChI=1S/C22H21N5O4/c1-25-17-19(26(2)22(30)27(3)21(17)29)24-18(25)14-6-5-7-15(12-14)23-20(28)13-8-10-16(31-4)11-9-13/h5-12H,1-4H3,(H,23,28). The number of hydrogen-bond acceptors (Lipinski definition) is 5. The minimum atomic E-state index is -0.442. The summed E-state index contributed by atoms with van der Waals surface area (Å²) >= 11 is 0. The number of imidazole rings is 1. The van der Waals surface area contributed by atoms with E-state index >= 15 is 0 Å². The van der Waals surface area contributed by atoms with Gasteiger partial charge in [0.1, 0.15) is 11.6 Å². The minimum Gasteiger partial charge on any atom is -0.497 e. The molecule has 2 heterocycles. The fraction of sp³-hybridized carbons (Fsp3) is 0.182. The zero-order chi connectivity index (χ0) is 22.3. The Kier molecular flexibility index (Phi) is 4.94. The maximum absolute atomic E-state index is 12.6. The second kappa shape index (κ2) is 7.60. The summed E-state index contributed by atoms with van der Waals surface area (Å²) in [5.41, 5.74) is 1.54. The summed E-state index contributed by atoms with van der Waals surface area (Å²) in [6.07, 6.45) is 0. The number of carbonyl (C=O) groups is 1. The first-order valence-electron chi connectivity index (χ1n) is 9.50. The number of benzene rings is 2. The average Bonchev–Trinajstić information content (AvgIpc) is 3.13. The normalized spacial score (nSPS) is 11.0. The molecule has 0 saturated carbocycles. The van der Waals surface area contributed by atoms with Gasteiger partial charge in [0.15, 0.2) is 11.2 Å². The van der Waals surface area contributed by atoms with Crippen LogP contribution in [0.5, 0.6) is 5.75 Å². The highest BCUT2D eigenvalue weighted by atomic mass is 16.5. The molecule has 0 aliphatic rings. The lowest BCUT2D eigenvalue weighted by atomic mass is 10.1. The molecule has 1 amide bonds. The smallest absolute Gasteiger partial charge is 0.332 e. The summed E-state index contributed by atoms with van der Waals surface area (Å²) in [5, 5.41) is 2.86. The Labute approximate surface area is 177 Å². The van der Waals surface area contributed by atoms with Crippen LogP contribution in [0.4, 0.5) is 5.69 Å². The van der Waals surface area contributed by atoms with Gasteiger partial charge in [-0.25, -0.2) is 9.78 Å². The molecule has 0 atom stereocenters. The Morgan fingerprint density at radius 3 is 2.35 bits per heavy atom. The third-order valence-corrected chi connectivity index (χ3v) is 5.21. The van der Waals surface area contributed by atoms with E-state index in [4.69, 9.17) is 4.74 Å². The molecule has 0 bridgehead atoms. The van der Waals surface area contributed by atoms with E-state index in [9.17, 15) is 14.4 Å². The maximum atomic E-state index is 12.6. The Balaban J connectivity index is 1.72. The van der Waals surface area contributed by atoms with Crippen LogP contribution in [-0.4, -0.2) is 31.7 Å². The predicted octanol–water partition coefficient (Wildman–Crippen LogP) is 1.90. The van der Waals surface area contributed by atoms with Gasteiger partial charge < -0.3 is 14.6 Å². The van der Waals surface area contributed by atoms with Gasteiger partial charge in [0.25, 0.3) is 11.5 Å². The summed E-state index contributed by atoms with van der Waals surface area (Å²) in [6.45, 7) is 0. The molecule has 158 valence electrons. The van der Waals surface area contributed by atoms with E-state index in [1.54, 1.807) is 68.2 Å². The van der Waals surface area contributed by atoms with Gasteiger partial charge in [0, 0.05) is 38.0 Å². The van der Waals surface area contributed by atoms with Crippen molar-refractivity contribution in [1.82, 2.24) is 18.7 Å². The molecule has 0 aliphatic carbocycles. The first kappa shape index (κ1) is 20.1. The van der Waals surface area contributed by atoms with Gasteiger partial charge in [-0.05, 0) is 36.4 Å². The van der Waals surface area contributed by atoms with E-state index in [0.29, 0.717) is 39.6 Å². The topological polar surface area (TPSA) is 100 Å². The maximum Gasteiger partial charge on any atom is 0.332 e. The molecule has 31 heavy (non-hydrogen) atoms. The van der Waals surface area contributed by atoms with Gasteiger partial charge in [-0.15, -0.1) is 0 Å². The Morgan fingerprint density at radius 1 is 0.968 bits per heavy atom. The summed E-state index contributed by atoms with van der Waals surface area (Å²) in [7, 11) is 6.30. The number of ether oxygens (including phenoxy) is 1. The molecule has 4 aromatic rings. The number of carbonyl (C=O) groups excluding carboxylic acids is 1. The van der Waals surface area contributed by atoms with Crippen molar-refractivity contribution in [3.8, 4) is 17.1 Å². The Hall–Kier alpha value is -4.14. The molecule has 2 aromatic carbocycles. The van der Waals surface area contributed by atoms with Crippen LogP contribution in [0.2, 0.25) is 0 Å². The number of nitrogens with zero attached hydrogens (tertiary/aromatic N) is 4. The summed E-state index contributed by atoms with van der Waals surface area (Å²) in [4.78, 5) is 41.9. The third kappa shape index (κ3) is 3.39. The van der Waals surface area contributed by atoms with Crippen LogP contribution in [0.1, 0.15) is 10.4 Å². The monoisotopic (exact) mass is 419 g/mol. The molecule has 9 heteroatoms. The van der Waals surface area contributed by atoms with Crippen molar-refractivity contribution in [3.05, 3.63) is 74.9 Å². The number of aryl methyl sites for hydroxylation is 2. The van der Waals surface area contributed by atoms with Crippen molar-refractivity contribution in [2.45, 2.75) is 0 Å².